The fourth-order valence-corrected chi connectivity index (χ4v) is 3.77. The lowest BCUT2D eigenvalue weighted by Crippen LogP contribution is -2.15. The number of benzene rings is 2. The van der Waals surface area contributed by atoms with Crippen molar-refractivity contribution in [3.05, 3.63) is 54.4 Å². The van der Waals surface area contributed by atoms with Crippen LogP contribution in [0.3, 0.4) is 0 Å². The maximum Gasteiger partial charge on any atom is 0.234 e. The van der Waals surface area contributed by atoms with Gasteiger partial charge in [-0.15, -0.1) is 10.2 Å². The largest absolute Gasteiger partial charge is 0.495 e. The van der Waals surface area contributed by atoms with Crippen molar-refractivity contribution in [2.75, 3.05) is 18.2 Å². The van der Waals surface area contributed by atoms with E-state index in [0.717, 1.165) is 23.3 Å². The molecule has 4 rings (SSSR count). The molecule has 2 aromatic heterocycles. The molecular weight excluding hydrogens is 374 g/mol. The van der Waals surface area contributed by atoms with Crippen LogP contribution in [0.1, 0.15) is 12.7 Å². The van der Waals surface area contributed by atoms with Crippen LogP contribution in [0.15, 0.2) is 53.6 Å². The van der Waals surface area contributed by atoms with Gasteiger partial charge in [-0.2, -0.15) is 0 Å². The molecule has 1 amide bonds. The van der Waals surface area contributed by atoms with Gasteiger partial charge in [0, 0.05) is 6.42 Å². The highest BCUT2D eigenvalue weighted by atomic mass is 32.2. The molecular formula is C20H19N5O2S. The molecule has 0 saturated heterocycles. The monoisotopic (exact) mass is 393 g/mol. The Morgan fingerprint density at radius 3 is 2.75 bits per heavy atom. The van der Waals surface area contributed by atoms with Gasteiger partial charge in [0.05, 0.1) is 29.6 Å². The highest BCUT2D eigenvalue weighted by Gasteiger charge is 2.16. The number of carbonyl (C=O) groups excluding carboxylic acids is 1. The second kappa shape index (κ2) is 7.85. The summed E-state index contributed by atoms with van der Waals surface area (Å²) in [5.74, 6) is 1.55. The van der Waals surface area contributed by atoms with Crippen LogP contribution >= 0.6 is 11.8 Å². The average molecular weight is 393 g/mol. The molecule has 0 aliphatic rings. The Hall–Kier alpha value is -3.13. The molecule has 0 spiro atoms. The summed E-state index contributed by atoms with van der Waals surface area (Å²) in [4.78, 5) is 17.2. The van der Waals surface area contributed by atoms with Gasteiger partial charge in [0.1, 0.15) is 16.6 Å². The number of aryl methyl sites for hydroxylation is 1. The maximum atomic E-state index is 12.5. The van der Waals surface area contributed by atoms with E-state index in [1.807, 2.05) is 47.7 Å². The van der Waals surface area contributed by atoms with Crippen molar-refractivity contribution in [2.45, 2.75) is 18.4 Å². The lowest BCUT2D eigenvalue weighted by atomic mass is 10.3. The van der Waals surface area contributed by atoms with Gasteiger partial charge >= 0.3 is 0 Å². The zero-order chi connectivity index (χ0) is 19.5. The van der Waals surface area contributed by atoms with Gasteiger partial charge in [-0.05, 0) is 24.3 Å². The molecule has 0 radical (unpaired) electrons. The van der Waals surface area contributed by atoms with Crippen molar-refractivity contribution >= 4 is 40.0 Å². The molecule has 0 fully saturated rings. The Labute approximate surface area is 166 Å². The molecule has 2 aromatic carbocycles. The van der Waals surface area contributed by atoms with Gasteiger partial charge in [-0.1, -0.05) is 43.0 Å². The Bertz CT molecular complexity index is 1160. The summed E-state index contributed by atoms with van der Waals surface area (Å²) in [5.41, 5.74) is 3.12. The van der Waals surface area contributed by atoms with Crippen molar-refractivity contribution in [3.63, 3.8) is 0 Å². The molecule has 2 heterocycles. The minimum atomic E-state index is -0.141. The number of thioether (sulfide) groups is 1. The highest BCUT2D eigenvalue weighted by Crippen LogP contribution is 2.27. The molecule has 0 bridgehead atoms. The zero-order valence-corrected chi connectivity index (χ0v) is 16.4. The number of nitrogens with one attached hydrogen (secondary N) is 1. The average Bonchev–Trinajstić information content (AvgIpc) is 3.17. The predicted octanol–water partition coefficient (Wildman–Crippen LogP) is 3.58. The molecule has 28 heavy (non-hydrogen) atoms. The number of anilines is 1. The summed E-state index contributed by atoms with van der Waals surface area (Å²) < 4.78 is 7.29. The number of fused-ring (bicyclic) bond motifs is 3. The van der Waals surface area contributed by atoms with Crippen molar-refractivity contribution in [3.8, 4) is 5.75 Å². The molecule has 7 nitrogen and oxygen atoms in total. The zero-order valence-electron chi connectivity index (χ0n) is 15.5. The van der Waals surface area contributed by atoms with Crippen LogP contribution in [0.4, 0.5) is 5.69 Å². The Morgan fingerprint density at radius 2 is 1.93 bits per heavy atom. The van der Waals surface area contributed by atoms with Crippen LogP contribution < -0.4 is 10.1 Å². The molecule has 0 unspecified atom stereocenters. The number of rotatable bonds is 6. The number of hydrogen-bond donors (Lipinski definition) is 1. The van der Waals surface area contributed by atoms with Gasteiger partial charge in [-0.3, -0.25) is 9.20 Å². The first-order valence-corrected chi connectivity index (χ1v) is 9.88. The van der Waals surface area contributed by atoms with E-state index in [-0.39, 0.29) is 11.7 Å². The van der Waals surface area contributed by atoms with E-state index in [1.165, 1.54) is 11.8 Å². The van der Waals surface area contributed by atoms with Crippen LogP contribution in [0.5, 0.6) is 5.75 Å². The minimum absolute atomic E-state index is 0.141. The first-order valence-electron chi connectivity index (χ1n) is 8.89. The fraction of sp³-hybridized carbons (Fsp3) is 0.200. The number of nitrogens with zero attached hydrogens (tertiary/aromatic N) is 4. The number of hydrogen-bond acceptors (Lipinski definition) is 6. The molecule has 0 aliphatic carbocycles. The number of ether oxygens (including phenoxy) is 1. The number of carbonyl (C=O) groups is 1. The first kappa shape index (κ1) is 18.2. The molecule has 8 heteroatoms. The number of aromatic nitrogens is 4. The summed E-state index contributed by atoms with van der Waals surface area (Å²) in [5, 5.41) is 12.2. The van der Waals surface area contributed by atoms with Gasteiger partial charge in [-0.25, -0.2) is 4.98 Å². The van der Waals surface area contributed by atoms with Crippen molar-refractivity contribution in [1.29, 1.82) is 0 Å². The molecule has 142 valence electrons. The normalized spacial score (nSPS) is 11.1. The molecule has 1 N–H and O–H groups in total. The lowest BCUT2D eigenvalue weighted by molar-refractivity contribution is -0.113. The van der Waals surface area contributed by atoms with Crippen LogP contribution in [0, 0.1) is 0 Å². The Balaban J connectivity index is 1.61. The van der Waals surface area contributed by atoms with Gasteiger partial charge in [0.15, 0.2) is 5.65 Å². The minimum Gasteiger partial charge on any atom is -0.495 e. The smallest absolute Gasteiger partial charge is 0.234 e. The van der Waals surface area contributed by atoms with Crippen LogP contribution in [0.2, 0.25) is 0 Å². The molecule has 0 aliphatic heterocycles. The quantitative estimate of drug-likeness (QED) is 0.504. The van der Waals surface area contributed by atoms with Crippen molar-refractivity contribution in [1.82, 2.24) is 19.6 Å². The summed E-state index contributed by atoms with van der Waals surface area (Å²) in [6, 6.07) is 15.2. The summed E-state index contributed by atoms with van der Waals surface area (Å²) in [7, 11) is 1.58. The van der Waals surface area contributed by atoms with E-state index in [0.29, 0.717) is 22.1 Å². The third-order valence-electron chi connectivity index (χ3n) is 4.30. The van der Waals surface area contributed by atoms with E-state index >= 15 is 0 Å². The Morgan fingerprint density at radius 1 is 1.14 bits per heavy atom. The third kappa shape index (κ3) is 3.38. The number of para-hydroxylation sites is 4. The highest BCUT2D eigenvalue weighted by molar-refractivity contribution is 8.00. The molecule has 4 aromatic rings. The molecule has 0 atom stereocenters. The second-order valence-corrected chi connectivity index (χ2v) is 7.04. The maximum absolute atomic E-state index is 12.5. The van der Waals surface area contributed by atoms with E-state index in [9.17, 15) is 4.79 Å². The topological polar surface area (TPSA) is 81.4 Å². The van der Waals surface area contributed by atoms with Crippen LogP contribution in [0.25, 0.3) is 16.7 Å². The SMILES string of the molecule is CCc1nnc2c(SCC(=O)Nc3ccccc3OC)nc3ccccc3n12. The van der Waals surface area contributed by atoms with Crippen LogP contribution in [-0.4, -0.2) is 38.4 Å². The van der Waals surface area contributed by atoms with Crippen molar-refractivity contribution in [2.24, 2.45) is 0 Å². The second-order valence-electron chi connectivity index (χ2n) is 6.07. The van der Waals surface area contributed by atoms with Gasteiger partial charge in [0.25, 0.3) is 0 Å². The fourth-order valence-electron chi connectivity index (χ4n) is 3.01. The molecule has 0 saturated carbocycles. The number of methoxy groups -OCH3 is 1. The number of amides is 1. The Kier molecular flexibility index (Phi) is 5.12. The predicted molar refractivity (Wildman–Crippen MR) is 110 cm³/mol. The van der Waals surface area contributed by atoms with Gasteiger partial charge < -0.3 is 10.1 Å². The van der Waals surface area contributed by atoms with E-state index in [1.54, 1.807) is 19.2 Å². The summed E-state index contributed by atoms with van der Waals surface area (Å²) >= 11 is 1.34. The van der Waals surface area contributed by atoms with Gasteiger partial charge in [0.2, 0.25) is 5.91 Å². The third-order valence-corrected chi connectivity index (χ3v) is 5.26. The summed E-state index contributed by atoms with van der Waals surface area (Å²) in [6.07, 6.45) is 0.758. The van der Waals surface area contributed by atoms with Crippen molar-refractivity contribution < 1.29 is 9.53 Å². The van der Waals surface area contributed by atoms with Crippen LogP contribution in [-0.2, 0) is 11.2 Å². The van der Waals surface area contributed by atoms with E-state index < -0.39 is 0 Å². The standard InChI is InChI=1S/C20H19N5O2S/c1-3-17-23-24-19-20(22-13-8-4-6-10-15(13)25(17)19)28-12-18(26)21-14-9-5-7-11-16(14)27-2/h4-11H,3,12H2,1-2H3,(H,21,26). The summed E-state index contributed by atoms with van der Waals surface area (Å²) in [6.45, 7) is 2.04. The van der Waals surface area contributed by atoms with E-state index in [4.69, 9.17) is 9.72 Å². The lowest BCUT2D eigenvalue weighted by Gasteiger charge is -2.10. The first-order chi connectivity index (χ1) is 13.7. The van der Waals surface area contributed by atoms with E-state index in [2.05, 4.69) is 15.5 Å².